The van der Waals surface area contributed by atoms with Crippen LogP contribution in [-0.4, -0.2) is 18.3 Å². The molecule has 1 aliphatic heterocycles. The molecule has 0 saturated carbocycles. The molecule has 1 saturated heterocycles. The molecule has 1 atom stereocenters. The van der Waals surface area contributed by atoms with E-state index in [1.54, 1.807) is 0 Å². The Morgan fingerprint density at radius 3 is 1.98 bits per heavy atom. The molecule has 4 nitrogen and oxygen atoms in total. The Bertz CT molecular complexity index is 2110. The van der Waals surface area contributed by atoms with Crippen molar-refractivity contribution >= 4 is 51.6 Å². The summed E-state index contributed by atoms with van der Waals surface area (Å²) in [6, 6.07) is 40.9. The van der Waals surface area contributed by atoms with E-state index in [0.29, 0.717) is 5.92 Å². The summed E-state index contributed by atoms with van der Waals surface area (Å²) in [7, 11) is -0.549. The summed E-state index contributed by atoms with van der Waals surface area (Å²) in [5.74, 6) is 0.386. The van der Waals surface area contributed by atoms with E-state index >= 15 is 0 Å². The topological polar surface area (TPSA) is 34.8 Å². The minimum Gasteiger partial charge on any atom is -0.456 e. The molecule has 2 aliphatic rings. The maximum absolute atomic E-state index is 6.67. The standard InChI is InChI=1S/C42H38BNO3/c1-41(2)42(3,4)47-43(46-41)36-27-28-37(39-35-17-11-12-18-38(35)45-40(36)39)44(33-23-19-31(20-24-33)29-13-7-5-8-14-29)34-25-21-32(22-26-34)30-15-9-6-10-16-30/h5-15,17-28,30H,16H2,1-4H3. The Hall–Kier alpha value is -4.84. The lowest BCUT2D eigenvalue weighted by Gasteiger charge is -2.32. The number of para-hydroxylation sites is 1. The third kappa shape index (κ3) is 5.20. The number of furan rings is 1. The Kier molecular flexibility index (Phi) is 7.20. The van der Waals surface area contributed by atoms with Gasteiger partial charge in [0.15, 0.2) is 0 Å². The first-order valence-electron chi connectivity index (χ1n) is 16.5. The maximum atomic E-state index is 6.67. The van der Waals surface area contributed by atoms with Gasteiger partial charge >= 0.3 is 7.12 Å². The van der Waals surface area contributed by atoms with Gasteiger partial charge < -0.3 is 18.6 Å². The first kappa shape index (κ1) is 29.6. The van der Waals surface area contributed by atoms with Crippen molar-refractivity contribution in [2.75, 3.05) is 4.90 Å². The fourth-order valence-electron chi connectivity index (χ4n) is 6.73. The number of rotatable bonds is 6. The molecule has 5 heteroatoms. The molecule has 1 unspecified atom stereocenters. The highest BCUT2D eigenvalue weighted by Gasteiger charge is 2.52. The molecule has 47 heavy (non-hydrogen) atoms. The third-order valence-electron chi connectivity index (χ3n) is 10.1. The van der Waals surface area contributed by atoms with E-state index in [2.05, 4.69) is 160 Å². The monoisotopic (exact) mass is 615 g/mol. The van der Waals surface area contributed by atoms with Crippen LogP contribution in [-0.2, 0) is 9.31 Å². The highest BCUT2D eigenvalue weighted by molar-refractivity contribution is 6.65. The lowest BCUT2D eigenvalue weighted by atomic mass is 9.77. The molecule has 232 valence electrons. The fourth-order valence-corrected chi connectivity index (χ4v) is 6.73. The second-order valence-electron chi connectivity index (χ2n) is 13.6. The van der Waals surface area contributed by atoms with Crippen molar-refractivity contribution in [3.8, 4) is 11.1 Å². The molecular weight excluding hydrogens is 577 g/mol. The van der Waals surface area contributed by atoms with Gasteiger partial charge in [0.1, 0.15) is 11.2 Å². The van der Waals surface area contributed by atoms with Gasteiger partial charge in [0.05, 0.1) is 22.3 Å². The van der Waals surface area contributed by atoms with Gasteiger partial charge in [0, 0.05) is 28.1 Å². The molecule has 0 spiro atoms. The summed E-state index contributed by atoms with van der Waals surface area (Å²) in [4.78, 5) is 2.34. The van der Waals surface area contributed by atoms with Crippen LogP contribution < -0.4 is 10.4 Å². The molecule has 5 aromatic carbocycles. The van der Waals surface area contributed by atoms with Crippen LogP contribution in [0.5, 0.6) is 0 Å². The number of anilines is 3. The largest absolute Gasteiger partial charge is 0.498 e. The molecule has 1 fully saturated rings. The molecule has 1 aromatic heterocycles. The summed E-state index contributed by atoms with van der Waals surface area (Å²) < 4.78 is 19.8. The van der Waals surface area contributed by atoms with Crippen molar-refractivity contribution in [3.63, 3.8) is 0 Å². The molecule has 0 bridgehead atoms. The summed E-state index contributed by atoms with van der Waals surface area (Å²) in [6.45, 7) is 8.34. The van der Waals surface area contributed by atoms with E-state index in [1.807, 2.05) is 12.1 Å². The van der Waals surface area contributed by atoms with E-state index in [4.69, 9.17) is 13.7 Å². The van der Waals surface area contributed by atoms with Crippen LogP contribution in [0, 0.1) is 0 Å². The molecule has 0 amide bonds. The van der Waals surface area contributed by atoms with Gasteiger partial charge in [-0.05, 0) is 87.2 Å². The van der Waals surface area contributed by atoms with Gasteiger partial charge in [-0.25, -0.2) is 0 Å². The third-order valence-corrected chi connectivity index (χ3v) is 10.1. The maximum Gasteiger partial charge on any atom is 0.498 e. The normalized spacial score (nSPS) is 18.3. The van der Waals surface area contributed by atoms with Crippen LogP contribution in [0.1, 0.15) is 45.6 Å². The number of allylic oxidation sites excluding steroid dienone is 4. The lowest BCUT2D eigenvalue weighted by Crippen LogP contribution is -2.41. The van der Waals surface area contributed by atoms with Crippen molar-refractivity contribution in [2.24, 2.45) is 0 Å². The van der Waals surface area contributed by atoms with Crippen LogP contribution in [0.25, 0.3) is 33.1 Å². The van der Waals surface area contributed by atoms with Gasteiger partial charge in [-0.1, -0.05) is 103 Å². The van der Waals surface area contributed by atoms with Crippen LogP contribution in [0.4, 0.5) is 17.1 Å². The second kappa shape index (κ2) is 11.4. The zero-order valence-corrected chi connectivity index (χ0v) is 27.3. The summed E-state index contributed by atoms with van der Waals surface area (Å²) in [6.07, 6.45) is 9.80. The average Bonchev–Trinajstić information content (AvgIpc) is 3.59. The predicted molar refractivity (Wildman–Crippen MR) is 195 cm³/mol. The summed E-state index contributed by atoms with van der Waals surface area (Å²) in [5.41, 5.74) is 8.43. The molecule has 6 aromatic rings. The Labute approximate surface area is 277 Å². The van der Waals surface area contributed by atoms with Crippen molar-refractivity contribution < 1.29 is 13.7 Å². The van der Waals surface area contributed by atoms with E-state index in [-0.39, 0.29) is 0 Å². The molecule has 2 heterocycles. The van der Waals surface area contributed by atoms with Crippen molar-refractivity contribution in [1.29, 1.82) is 0 Å². The Balaban J connectivity index is 1.30. The van der Waals surface area contributed by atoms with Gasteiger partial charge in [-0.2, -0.15) is 0 Å². The molecule has 0 N–H and O–H groups in total. The van der Waals surface area contributed by atoms with Crippen LogP contribution >= 0.6 is 0 Å². The fraction of sp³-hybridized carbons (Fsp3) is 0.190. The SMILES string of the molecule is CC1(C)OB(c2ccc(N(c3ccc(-c4ccccc4)cc3)c3ccc(C4C=CC=CC4)cc3)c3c2oc2ccccc23)OC1(C)C. The van der Waals surface area contributed by atoms with Crippen LogP contribution in [0.2, 0.25) is 0 Å². The van der Waals surface area contributed by atoms with E-state index in [0.717, 1.165) is 50.9 Å². The zero-order valence-electron chi connectivity index (χ0n) is 27.3. The zero-order chi connectivity index (χ0) is 32.2. The van der Waals surface area contributed by atoms with Crippen molar-refractivity contribution in [3.05, 3.63) is 145 Å². The Morgan fingerprint density at radius 1 is 0.660 bits per heavy atom. The highest BCUT2D eigenvalue weighted by atomic mass is 16.7. The number of fused-ring (bicyclic) bond motifs is 3. The predicted octanol–water partition coefficient (Wildman–Crippen LogP) is 10.6. The smallest absolute Gasteiger partial charge is 0.456 e. The van der Waals surface area contributed by atoms with E-state index in [1.165, 1.54) is 16.7 Å². The second-order valence-corrected chi connectivity index (χ2v) is 13.6. The van der Waals surface area contributed by atoms with Crippen molar-refractivity contribution in [2.45, 2.75) is 51.2 Å². The number of hydrogen-bond donors (Lipinski definition) is 0. The van der Waals surface area contributed by atoms with Gasteiger partial charge in [0.25, 0.3) is 0 Å². The molecular formula is C42H38BNO3. The highest BCUT2D eigenvalue weighted by Crippen LogP contribution is 2.44. The summed E-state index contributed by atoms with van der Waals surface area (Å²) >= 11 is 0. The Morgan fingerprint density at radius 2 is 1.30 bits per heavy atom. The number of benzene rings is 5. The number of nitrogens with zero attached hydrogens (tertiary/aromatic N) is 1. The lowest BCUT2D eigenvalue weighted by molar-refractivity contribution is 0.00578. The van der Waals surface area contributed by atoms with Gasteiger partial charge in [-0.15, -0.1) is 0 Å². The van der Waals surface area contributed by atoms with Crippen LogP contribution in [0.3, 0.4) is 0 Å². The quantitative estimate of drug-likeness (QED) is 0.175. The minimum atomic E-state index is -0.549. The molecule has 1 aliphatic carbocycles. The van der Waals surface area contributed by atoms with Crippen LogP contribution in [0.15, 0.2) is 144 Å². The first-order chi connectivity index (χ1) is 22.8. The van der Waals surface area contributed by atoms with E-state index in [9.17, 15) is 0 Å². The summed E-state index contributed by atoms with van der Waals surface area (Å²) in [5, 5.41) is 2.09. The average molecular weight is 616 g/mol. The molecule has 0 radical (unpaired) electrons. The minimum absolute atomic E-state index is 0.386. The van der Waals surface area contributed by atoms with Gasteiger partial charge in [0.2, 0.25) is 0 Å². The molecule has 8 rings (SSSR count). The first-order valence-corrected chi connectivity index (χ1v) is 16.5. The van der Waals surface area contributed by atoms with E-state index < -0.39 is 18.3 Å². The van der Waals surface area contributed by atoms with Crippen molar-refractivity contribution in [1.82, 2.24) is 0 Å². The van der Waals surface area contributed by atoms with Gasteiger partial charge in [-0.3, -0.25) is 0 Å². The number of hydrogen-bond acceptors (Lipinski definition) is 4.